The monoisotopic (exact) mass is 385 g/mol. The van der Waals surface area contributed by atoms with Crippen molar-refractivity contribution in [3.8, 4) is 17.1 Å². The fourth-order valence-corrected chi connectivity index (χ4v) is 3.40. The van der Waals surface area contributed by atoms with Crippen molar-refractivity contribution in [1.29, 1.82) is 0 Å². The summed E-state index contributed by atoms with van der Waals surface area (Å²) in [5.74, 6) is 0.0783. The normalized spacial score (nSPS) is 11.3. The van der Waals surface area contributed by atoms with Crippen molar-refractivity contribution in [3.05, 3.63) is 91.6 Å². The molecule has 9 heteroatoms. The molecule has 0 atom stereocenters. The number of nitro benzene ring substituents is 1. The molecule has 0 saturated carbocycles. The maximum absolute atomic E-state index is 12.4. The molecular formula is C20H11N5O4. The van der Waals surface area contributed by atoms with E-state index in [0.29, 0.717) is 22.2 Å². The molecule has 0 radical (unpaired) electrons. The number of non-ortho nitro benzene ring substituents is 1. The minimum absolute atomic E-state index is 0.0783. The van der Waals surface area contributed by atoms with E-state index in [1.54, 1.807) is 12.1 Å². The van der Waals surface area contributed by atoms with Crippen LogP contribution in [0.5, 0.6) is 0 Å². The summed E-state index contributed by atoms with van der Waals surface area (Å²) >= 11 is 0. The van der Waals surface area contributed by atoms with E-state index in [1.807, 2.05) is 30.3 Å². The molecule has 3 aromatic rings. The van der Waals surface area contributed by atoms with E-state index in [0.717, 1.165) is 5.39 Å². The summed E-state index contributed by atoms with van der Waals surface area (Å²) in [6.07, 6.45) is 0. The van der Waals surface area contributed by atoms with E-state index in [2.05, 4.69) is 15.0 Å². The first-order valence-electron chi connectivity index (χ1n) is 8.62. The number of rotatable bonds is 2. The van der Waals surface area contributed by atoms with Crippen molar-refractivity contribution in [1.82, 2.24) is 19.5 Å². The minimum Gasteiger partial charge on any atom is -0.277 e. The number of hydrogen-bond acceptors (Lipinski definition) is 6. The van der Waals surface area contributed by atoms with E-state index >= 15 is 0 Å². The lowest BCUT2D eigenvalue weighted by atomic mass is 10.1. The maximum atomic E-state index is 12.4. The van der Waals surface area contributed by atoms with Gasteiger partial charge in [0, 0.05) is 22.9 Å². The van der Waals surface area contributed by atoms with Crippen LogP contribution in [0.15, 0.2) is 70.3 Å². The van der Waals surface area contributed by atoms with Gasteiger partial charge in [0.05, 0.1) is 21.7 Å². The second-order valence-corrected chi connectivity index (χ2v) is 6.46. The highest BCUT2D eigenvalue weighted by atomic mass is 16.6. The zero-order valence-corrected chi connectivity index (χ0v) is 14.7. The van der Waals surface area contributed by atoms with Crippen LogP contribution in [0.4, 0.5) is 5.69 Å². The van der Waals surface area contributed by atoms with Crippen LogP contribution in [-0.2, 0) is 0 Å². The first-order chi connectivity index (χ1) is 14.0. The lowest BCUT2D eigenvalue weighted by molar-refractivity contribution is -0.384. The molecule has 0 saturated heterocycles. The van der Waals surface area contributed by atoms with Crippen molar-refractivity contribution in [2.45, 2.75) is 0 Å². The van der Waals surface area contributed by atoms with Crippen LogP contribution < -0.4 is 11.2 Å². The molecule has 0 amide bonds. The number of pyridine rings is 2. The highest BCUT2D eigenvalue weighted by Gasteiger charge is 2.20. The van der Waals surface area contributed by atoms with Gasteiger partial charge >= 0.3 is 5.69 Å². The van der Waals surface area contributed by atoms with Gasteiger partial charge in [0.15, 0.2) is 5.82 Å². The lowest BCUT2D eigenvalue weighted by Crippen LogP contribution is -2.27. The fraction of sp³-hybridized carbons (Fsp3) is 0. The summed E-state index contributed by atoms with van der Waals surface area (Å²) in [5, 5.41) is 12.8. The zero-order chi connectivity index (χ0) is 20.1. The Morgan fingerprint density at radius 3 is 2.59 bits per heavy atom. The Morgan fingerprint density at radius 1 is 0.931 bits per heavy atom. The maximum Gasteiger partial charge on any atom is 0.349 e. The Labute approximate surface area is 161 Å². The van der Waals surface area contributed by atoms with Crippen molar-refractivity contribution in [3.63, 3.8) is 0 Å². The summed E-state index contributed by atoms with van der Waals surface area (Å²) in [5.41, 5.74) is 0.153. The van der Waals surface area contributed by atoms with Crippen LogP contribution in [0.3, 0.4) is 0 Å². The van der Waals surface area contributed by atoms with Crippen LogP contribution in [-0.4, -0.2) is 24.4 Å². The highest BCUT2D eigenvalue weighted by molar-refractivity contribution is 5.94. The molecule has 0 bridgehead atoms. The predicted molar refractivity (Wildman–Crippen MR) is 107 cm³/mol. The van der Waals surface area contributed by atoms with Gasteiger partial charge in [-0.3, -0.25) is 24.5 Å². The quantitative estimate of drug-likeness (QED) is 0.283. The Hall–Kier alpha value is -4.40. The Morgan fingerprint density at radius 2 is 1.76 bits per heavy atom. The van der Waals surface area contributed by atoms with Crippen molar-refractivity contribution in [2.24, 2.45) is 0 Å². The van der Waals surface area contributed by atoms with Crippen LogP contribution in [0, 0.1) is 10.1 Å². The molecule has 5 rings (SSSR count). The number of hydrogen-bond donors (Lipinski definition) is 1. The number of nitrogens with zero attached hydrogens (tertiary/aromatic N) is 4. The Kier molecular flexibility index (Phi) is 3.50. The number of nitrogens with one attached hydrogen (secondary N) is 1. The molecule has 2 aromatic carbocycles. The highest BCUT2D eigenvalue weighted by Crippen LogP contribution is 2.30. The molecule has 0 aliphatic carbocycles. The SMILES string of the molecule is O=c1nc2n(-c3cccc([N+](=O)[O-])c3)c3nc4ccccc4cc3cc-2c(=O)[nH]1. The topological polar surface area (TPSA) is 124 Å². The van der Waals surface area contributed by atoms with E-state index in [-0.39, 0.29) is 17.1 Å². The van der Waals surface area contributed by atoms with Crippen molar-refractivity contribution in [2.75, 3.05) is 0 Å². The molecule has 2 aliphatic rings. The Balaban J connectivity index is 2.01. The van der Waals surface area contributed by atoms with Crippen molar-refractivity contribution < 1.29 is 4.92 Å². The molecule has 0 fully saturated rings. The second kappa shape index (κ2) is 6.06. The fourth-order valence-electron chi connectivity index (χ4n) is 3.40. The van der Waals surface area contributed by atoms with Gasteiger partial charge in [-0.05, 0) is 24.3 Å². The predicted octanol–water partition coefficient (Wildman–Crippen LogP) is 2.64. The number of benzene rings is 2. The standard InChI is InChI=1S/C20H11N5O4/c26-19-15-9-12-8-11-4-1-2-7-16(11)21-17(12)24(18(15)22-20(27)23-19)13-5-3-6-14(10-13)25(28)29/h1-10H,(H,23,26,27). The third-order valence-corrected chi connectivity index (χ3v) is 4.67. The largest absolute Gasteiger partial charge is 0.349 e. The second-order valence-electron chi connectivity index (χ2n) is 6.46. The lowest BCUT2D eigenvalue weighted by Gasteiger charge is -2.17. The van der Waals surface area contributed by atoms with Crippen LogP contribution in [0.25, 0.3) is 39.0 Å². The number of para-hydroxylation sites is 1. The zero-order valence-electron chi connectivity index (χ0n) is 14.7. The number of H-pyrrole nitrogens is 1. The molecule has 2 aliphatic heterocycles. The first kappa shape index (κ1) is 16.8. The summed E-state index contributed by atoms with van der Waals surface area (Å²) in [6.45, 7) is 0. The number of aromatic nitrogens is 4. The first-order valence-corrected chi connectivity index (χ1v) is 8.62. The molecule has 1 aromatic heterocycles. The molecule has 9 nitrogen and oxygen atoms in total. The van der Waals surface area contributed by atoms with Crippen LogP contribution >= 0.6 is 0 Å². The van der Waals surface area contributed by atoms with Gasteiger partial charge in [-0.1, -0.05) is 24.3 Å². The number of fused-ring (bicyclic) bond motifs is 3. The number of aromatic amines is 1. The van der Waals surface area contributed by atoms with Gasteiger partial charge in [-0.15, -0.1) is 0 Å². The average molecular weight is 385 g/mol. The molecule has 29 heavy (non-hydrogen) atoms. The minimum atomic E-state index is -0.804. The van der Waals surface area contributed by atoms with Gasteiger partial charge < -0.3 is 0 Å². The van der Waals surface area contributed by atoms with Crippen molar-refractivity contribution >= 4 is 27.6 Å². The smallest absolute Gasteiger partial charge is 0.277 e. The van der Waals surface area contributed by atoms with E-state index in [9.17, 15) is 19.7 Å². The van der Waals surface area contributed by atoms with Gasteiger partial charge in [-0.2, -0.15) is 4.98 Å². The summed E-state index contributed by atoms with van der Waals surface area (Å²) < 4.78 is 1.50. The third kappa shape index (κ3) is 2.64. The molecule has 3 heterocycles. The molecule has 0 spiro atoms. The molecule has 140 valence electrons. The number of nitro groups is 1. The summed E-state index contributed by atoms with van der Waals surface area (Å²) in [6, 6.07) is 16.8. The average Bonchev–Trinajstić information content (AvgIpc) is 2.71. The van der Waals surface area contributed by atoms with Gasteiger partial charge in [-0.25, -0.2) is 9.78 Å². The molecular weight excluding hydrogens is 374 g/mol. The summed E-state index contributed by atoms with van der Waals surface area (Å²) in [7, 11) is 0. The third-order valence-electron chi connectivity index (χ3n) is 4.67. The van der Waals surface area contributed by atoms with Gasteiger partial charge in [0.1, 0.15) is 5.65 Å². The van der Waals surface area contributed by atoms with Gasteiger partial charge in [0.25, 0.3) is 11.2 Å². The van der Waals surface area contributed by atoms with E-state index in [4.69, 9.17) is 0 Å². The molecule has 0 unspecified atom stereocenters. The van der Waals surface area contributed by atoms with Crippen LogP contribution in [0.1, 0.15) is 0 Å². The molecule has 1 N–H and O–H groups in total. The Bertz CT molecular complexity index is 1540. The van der Waals surface area contributed by atoms with Gasteiger partial charge in [0.2, 0.25) is 0 Å². The summed E-state index contributed by atoms with van der Waals surface area (Å²) in [4.78, 5) is 45.9. The van der Waals surface area contributed by atoms with E-state index in [1.165, 1.54) is 22.8 Å². The van der Waals surface area contributed by atoms with E-state index < -0.39 is 16.2 Å². The van der Waals surface area contributed by atoms with Crippen LogP contribution in [0.2, 0.25) is 0 Å².